The highest BCUT2D eigenvalue weighted by Gasteiger charge is 2.19. The molecule has 0 unspecified atom stereocenters. The van der Waals surface area contributed by atoms with Crippen LogP contribution in [0.2, 0.25) is 0 Å². The first-order valence-electron chi connectivity index (χ1n) is 9.00. The number of benzene rings is 2. The molecule has 1 aliphatic rings. The van der Waals surface area contributed by atoms with Crippen LogP contribution in [0.25, 0.3) is 5.57 Å². The molecule has 0 fully saturated rings. The Labute approximate surface area is 157 Å². The summed E-state index contributed by atoms with van der Waals surface area (Å²) in [5.41, 5.74) is 4.22. The molecule has 2 N–H and O–H groups in total. The highest BCUT2D eigenvalue weighted by atomic mass is 16.1. The summed E-state index contributed by atoms with van der Waals surface area (Å²) in [4.78, 5) is 15.8. The predicted octanol–water partition coefficient (Wildman–Crippen LogP) is 3.49. The molecular weight excluding hydrogens is 338 g/mol. The van der Waals surface area contributed by atoms with Gasteiger partial charge in [-0.2, -0.15) is 4.98 Å². The number of carbonyl (C=O) groups excluding carboxylic acids is 1. The summed E-state index contributed by atoms with van der Waals surface area (Å²) in [6, 6.07) is 18.1. The fraction of sp³-hybridized carbons (Fsp3) is 0.190. The quantitative estimate of drug-likeness (QED) is 0.731. The fourth-order valence-electron chi connectivity index (χ4n) is 3.10. The van der Waals surface area contributed by atoms with Crippen molar-refractivity contribution in [2.45, 2.75) is 26.4 Å². The Kier molecular flexibility index (Phi) is 4.70. The largest absolute Gasteiger partial charge is 0.352 e. The van der Waals surface area contributed by atoms with Crippen molar-refractivity contribution >= 4 is 23.1 Å². The van der Waals surface area contributed by atoms with E-state index in [2.05, 4.69) is 33.9 Å². The molecule has 0 atom stereocenters. The Bertz CT molecular complexity index is 974. The number of hydrogen-bond donors (Lipinski definition) is 2. The number of nitrogens with zero attached hydrogens (tertiary/aromatic N) is 3. The zero-order valence-corrected chi connectivity index (χ0v) is 15.1. The minimum atomic E-state index is -0.0272. The zero-order chi connectivity index (χ0) is 18.6. The molecule has 0 spiro atoms. The lowest BCUT2D eigenvalue weighted by Gasteiger charge is -2.14. The van der Waals surface area contributed by atoms with E-state index in [1.807, 2.05) is 47.1 Å². The van der Waals surface area contributed by atoms with Gasteiger partial charge in [-0.25, -0.2) is 4.68 Å². The van der Waals surface area contributed by atoms with E-state index in [0.717, 1.165) is 41.2 Å². The molecule has 136 valence electrons. The maximum atomic E-state index is 11.1. The number of anilines is 2. The van der Waals surface area contributed by atoms with E-state index in [0.29, 0.717) is 12.5 Å². The van der Waals surface area contributed by atoms with Crippen molar-refractivity contribution in [1.29, 1.82) is 0 Å². The van der Waals surface area contributed by atoms with Crippen LogP contribution in [0.4, 0.5) is 11.6 Å². The average Bonchev–Trinajstić information content (AvgIpc) is 3.10. The molecular formula is C21H21N5O. The third kappa shape index (κ3) is 3.89. The molecule has 0 radical (unpaired) electrons. The van der Waals surface area contributed by atoms with Crippen molar-refractivity contribution in [2.75, 3.05) is 5.32 Å². The summed E-state index contributed by atoms with van der Waals surface area (Å²) in [5.74, 6) is 1.45. The van der Waals surface area contributed by atoms with Gasteiger partial charge in [0.05, 0.1) is 0 Å². The number of aryl methyl sites for hydroxylation is 1. The summed E-state index contributed by atoms with van der Waals surface area (Å²) < 4.78 is 1.95. The lowest BCUT2D eigenvalue weighted by molar-refractivity contribution is -0.119. The molecule has 0 saturated heterocycles. The summed E-state index contributed by atoms with van der Waals surface area (Å²) in [7, 11) is 0. The number of nitrogens with one attached hydrogen (secondary N) is 2. The summed E-state index contributed by atoms with van der Waals surface area (Å²) in [5, 5.41) is 10.7. The van der Waals surface area contributed by atoms with Gasteiger partial charge in [-0.05, 0) is 29.7 Å². The van der Waals surface area contributed by atoms with Gasteiger partial charge in [0.1, 0.15) is 0 Å². The predicted molar refractivity (Wildman–Crippen MR) is 105 cm³/mol. The van der Waals surface area contributed by atoms with Crippen LogP contribution in [-0.4, -0.2) is 20.7 Å². The third-order valence-electron chi connectivity index (χ3n) is 4.44. The molecule has 4 rings (SSSR count). The average molecular weight is 359 g/mol. The topological polar surface area (TPSA) is 71.8 Å². The van der Waals surface area contributed by atoms with E-state index in [9.17, 15) is 4.79 Å². The first-order chi connectivity index (χ1) is 13.2. The van der Waals surface area contributed by atoms with Crippen LogP contribution in [0.15, 0.2) is 60.7 Å². The van der Waals surface area contributed by atoms with Crippen LogP contribution in [0.3, 0.4) is 0 Å². The molecule has 2 aromatic carbocycles. The minimum Gasteiger partial charge on any atom is -0.352 e. The Hall–Kier alpha value is -3.41. The van der Waals surface area contributed by atoms with E-state index in [4.69, 9.17) is 4.98 Å². The number of fused-ring (bicyclic) bond motifs is 1. The standard InChI is InChI=1S/C21H21N5O/c1-15(27)22-14-16-9-11-17(12-10-16)19-8-5-13-26-20(19)24-21(25-26)23-18-6-3-2-4-7-18/h2-4,6-12H,5,13-14H2,1H3,(H,22,27)(H,23,25). The number of aromatic nitrogens is 3. The summed E-state index contributed by atoms with van der Waals surface area (Å²) in [6.45, 7) is 2.88. The Morgan fingerprint density at radius 1 is 1.11 bits per heavy atom. The number of rotatable bonds is 5. The van der Waals surface area contributed by atoms with Gasteiger partial charge in [0.25, 0.3) is 0 Å². The second-order valence-corrected chi connectivity index (χ2v) is 6.49. The highest BCUT2D eigenvalue weighted by Crippen LogP contribution is 2.28. The van der Waals surface area contributed by atoms with Gasteiger partial charge in [-0.3, -0.25) is 4.79 Å². The maximum absolute atomic E-state index is 11.1. The van der Waals surface area contributed by atoms with E-state index in [-0.39, 0.29) is 5.91 Å². The molecule has 1 aromatic heterocycles. The van der Waals surface area contributed by atoms with Gasteiger partial charge in [0.15, 0.2) is 5.82 Å². The van der Waals surface area contributed by atoms with Crippen molar-refractivity contribution in [2.24, 2.45) is 0 Å². The van der Waals surface area contributed by atoms with Crippen LogP contribution >= 0.6 is 0 Å². The van der Waals surface area contributed by atoms with E-state index >= 15 is 0 Å². The van der Waals surface area contributed by atoms with Gasteiger partial charge >= 0.3 is 0 Å². The molecule has 1 aliphatic heterocycles. The first kappa shape index (κ1) is 17.0. The summed E-state index contributed by atoms with van der Waals surface area (Å²) >= 11 is 0. The number of amides is 1. The lowest BCUT2D eigenvalue weighted by Crippen LogP contribution is -2.18. The third-order valence-corrected chi connectivity index (χ3v) is 4.44. The Morgan fingerprint density at radius 3 is 2.63 bits per heavy atom. The van der Waals surface area contributed by atoms with Crippen molar-refractivity contribution < 1.29 is 4.79 Å². The SMILES string of the molecule is CC(=O)NCc1ccc(C2=CCCn3nc(Nc4ccccc4)nc32)cc1. The van der Waals surface area contributed by atoms with Crippen LogP contribution in [-0.2, 0) is 17.9 Å². The molecule has 6 heteroatoms. The van der Waals surface area contributed by atoms with Crippen LogP contribution < -0.4 is 10.6 Å². The van der Waals surface area contributed by atoms with Crippen LogP contribution in [0.1, 0.15) is 30.3 Å². The van der Waals surface area contributed by atoms with E-state index < -0.39 is 0 Å². The maximum Gasteiger partial charge on any atom is 0.247 e. The van der Waals surface area contributed by atoms with Gasteiger partial charge in [0.2, 0.25) is 11.9 Å². The van der Waals surface area contributed by atoms with Crippen molar-refractivity contribution in [3.05, 3.63) is 77.6 Å². The van der Waals surface area contributed by atoms with Crippen molar-refractivity contribution in [3.63, 3.8) is 0 Å². The molecule has 0 bridgehead atoms. The van der Waals surface area contributed by atoms with Crippen LogP contribution in [0, 0.1) is 0 Å². The number of hydrogen-bond acceptors (Lipinski definition) is 4. The number of carbonyl (C=O) groups is 1. The lowest BCUT2D eigenvalue weighted by atomic mass is 10.0. The summed E-state index contributed by atoms with van der Waals surface area (Å²) in [6.07, 6.45) is 3.13. The normalized spacial score (nSPS) is 12.9. The molecule has 2 heterocycles. The second kappa shape index (κ2) is 7.45. The number of para-hydroxylation sites is 1. The molecule has 27 heavy (non-hydrogen) atoms. The van der Waals surface area contributed by atoms with Gasteiger partial charge in [0, 0.05) is 31.3 Å². The highest BCUT2D eigenvalue weighted by molar-refractivity contribution is 5.78. The second-order valence-electron chi connectivity index (χ2n) is 6.49. The smallest absolute Gasteiger partial charge is 0.247 e. The monoisotopic (exact) mass is 359 g/mol. The van der Waals surface area contributed by atoms with Gasteiger partial charge < -0.3 is 10.6 Å². The fourth-order valence-corrected chi connectivity index (χ4v) is 3.10. The van der Waals surface area contributed by atoms with Crippen molar-refractivity contribution in [3.8, 4) is 0 Å². The van der Waals surface area contributed by atoms with E-state index in [1.165, 1.54) is 6.92 Å². The van der Waals surface area contributed by atoms with Crippen molar-refractivity contribution in [1.82, 2.24) is 20.1 Å². The molecule has 0 saturated carbocycles. The Morgan fingerprint density at radius 2 is 1.89 bits per heavy atom. The number of allylic oxidation sites excluding steroid dienone is 1. The zero-order valence-electron chi connectivity index (χ0n) is 15.1. The van der Waals surface area contributed by atoms with Gasteiger partial charge in [-0.15, -0.1) is 5.10 Å². The van der Waals surface area contributed by atoms with Crippen LogP contribution in [0.5, 0.6) is 0 Å². The first-order valence-corrected chi connectivity index (χ1v) is 9.00. The molecule has 6 nitrogen and oxygen atoms in total. The van der Waals surface area contributed by atoms with E-state index in [1.54, 1.807) is 0 Å². The van der Waals surface area contributed by atoms with Gasteiger partial charge in [-0.1, -0.05) is 48.5 Å². The Balaban J connectivity index is 1.55. The molecule has 1 amide bonds. The molecule has 0 aliphatic carbocycles. The minimum absolute atomic E-state index is 0.0272. The molecule has 3 aromatic rings.